The minimum atomic E-state index is -4.48. The van der Waals surface area contributed by atoms with Gasteiger partial charge in [0.25, 0.3) is 0 Å². The Hall–Kier alpha value is -1.83. The molecule has 2 rings (SSSR count). The van der Waals surface area contributed by atoms with Crippen LogP contribution in [0.1, 0.15) is 5.56 Å². The number of rotatable bonds is 1. The summed E-state index contributed by atoms with van der Waals surface area (Å²) in [4.78, 5) is 11.2. The summed E-state index contributed by atoms with van der Waals surface area (Å²) in [5.74, 6) is 0.0419. The average Bonchev–Trinajstić information content (AvgIpc) is 2.29. The third-order valence-corrected chi connectivity index (χ3v) is 2.15. The van der Waals surface area contributed by atoms with E-state index in [-0.39, 0.29) is 28.7 Å². The van der Waals surface area contributed by atoms with Crippen LogP contribution in [0.4, 0.5) is 13.2 Å². The van der Waals surface area contributed by atoms with Crippen LogP contribution in [0.2, 0.25) is 0 Å². The van der Waals surface area contributed by atoms with Crippen molar-refractivity contribution in [3.8, 4) is 0 Å². The molecule has 0 saturated heterocycles. The van der Waals surface area contributed by atoms with Crippen molar-refractivity contribution in [2.24, 2.45) is 10.7 Å². The number of aliphatic imine (C=N–C) groups is 1. The zero-order chi connectivity index (χ0) is 12.5. The molecule has 5 nitrogen and oxygen atoms in total. The van der Waals surface area contributed by atoms with Crippen molar-refractivity contribution in [2.75, 3.05) is 6.67 Å². The second-order valence-corrected chi connectivity index (χ2v) is 3.29. The van der Waals surface area contributed by atoms with E-state index >= 15 is 0 Å². The van der Waals surface area contributed by atoms with Gasteiger partial charge in [-0.05, 0) is 0 Å². The highest BCUT2D eigenvalue weighted by Crippen LogP contribution is 2.26. The Morgan fingerprint density at radius 3 is 2.39 bits per heavy atom. The molecule has 1 aliphatic rings. The van der Waals surface area contributed by atoms with Gasteiger partial charge in [-0.3, -0.25) is 4.90 Å². The van der Waals surface area contributed by atoms with Crippen LogP contribution in [-0.2, 0) is 0 Å². The van der Waals surface area contributed by atoms with Gasteiger partial charge in [-0.2, -0.15) is 13.2 Å². The maximum atomic E-state index is 12.5. The molecule has 1 aromatic heterocycles. The van der Waals surface area contributed by atoms with E-state index in [1.54, 1.807) is 0 Å². The van der Waals surface area contributed by atoms with E-state index in [4.69, 9.17) is 5.73 Å². The quantitative estimate of drug-likeness (QED) is 0.789. The van der Waals surface area contributed by atoms with Gasteiger partial charge in [0.15, 0.2) is 0 Å². The van der Waals surface area contributed by atoms with Crippen molar-refractivity contribution in [1.82, 2.24) is 14.9 Å². The molecule has 0 spiro atoms. The molecule has 1 aromatic rings. The summed E-state index contributed by atoms with van der Waals surface area (Å²) in [6.45, 7) is -0.535. The second kappa shape index (κ2) is 5.21. The highest BCUT2D eigenvalue weighted by Gasteiger charge is 2.37. The summed E-state index contributed by atoms with van der Waals surface area (Å²) in [5, 5.41) is 0. The van der Waals surface area contributed by atoms with Crippen LogP contribution in [0, 0.1) is 0 Å². The zero-order valence-electron chi connectivity index (χ0n) is 8.92. The lowest BCUT2D eigenvalue weighted by Crippen LogP contribution is -2.38. The summed E-state index contributed by atoms with van der Waals surface area (Å²) in [6.07, 6.45) is 0.454. The fourth-order valence-electron chi connectivity index (χ4n) is 1.31. The van der Waals surface area contributed by atoms with E-state index in [1.165, 1.54) is 18.7 Å². The zero-order valence-corrected chi connectivity index (χ0v) is 9.74. The molecule has 0 aromatic carbocycles. The highest BCUT2D eigenvalue weighted by atomic mass is 35.5. The molecule has 18 heavy (non-hydrogen) atoms. The summed E-state index contributed by atoms with van der Waals surface area (Å²) in [7, 11) is 0. The molecule has 0 fully saturated rings. The van der Waals surface area contributed by atoms with E-state index in [0.717, 1.165) is 6.20 Å². The van der Waals surface area contributed by atoms with Crippen molar-refractivity contribution in [3.05, 3.63) is 30.5 Å². The number of hydrogen-bond acceptors (Lipinski definition) is 5. The summed E-state index contributed by atoms with van der Waals surface area (Å²) >= 11 is 0. The maximum absolute atomic E-state index is 12.5. The molecular weight excluding hydrogens is 271 g/mol. The molecular formula is C9H9ClF3N5. The largest absolute Gasteiger partial charge is 0.485 e. The molecule has 9 heteroatoms. The summed E-state index contributed by atoms with van der Waals surface area (Å²) < 4.78 is 37.5. The number of nitrogens with two attached hydrogens (primary N) is 1. The normalized spacial score (nSPS) is 15.6. The Bertz CT molecular complexity index is 471. The SMILES string of the molecule is Cl.NC1=NCN(C(F)(F)F)C=C1c1cncnc1. The van der Waals surface area contributed by atoms with E-state index < -0.39 is 13.0 Å². The molecule has 0 bridgehead atoms. The smallest absolute Gasteiger partial charge is 0.383 e. The van der Waals surface area contributed by atoms with Crippen molar-refractivity contribution >= 4 is 23.8 Å². The minimum absolute atomic E-state index is 0. The first-order valence-corrected chi connectivity index (χ1v) is 4.59. The lowest BCUT2D eigenvalue weighted by Gasteiger charge is -2.26. The van der Waals surface area contributed by atoms with Crippen LogP contribution in [0.15, 0.2) is 29.9 Å². The Balaban J connectivity index is 0.00000162. The number of halogens is 4. The van der Waals surface area contributed by atoms with Crippen LogP contribution in [0.3, 0.4) is 0 Å². The predicted octanol–water partition coefficient (Wildman–Crippen LogP) is 1.39. The van der Waals surface area contributed by atoms with Gasteiger partial charge in [0, 0.05) is 29.7 Å². The van der Waals surface area contributed by atoms with Gasteiger partial charge >= 0.3 is 6.30 Å². The van der Waals surface area contributed by atoms with E-state index in [0.29, 0.717) is 5.56 Å². The van der Waals surface area contributed by atoms with Gasteiger partial charge in [-0.25, -0.2) is 15.0 Å². The van der Waals surface area contributed by atoms with Gasteiger partial charge in [-0.15, -0.1) is 12.4 Å². The van der Waals surface area contributed by atoms with Crippen molar-refractivity contribution < 1.29 is 13.2 Å². The number of nitrogens with zero attached hydrogens (tertiary/aromatic N) is 4. The standard InChI is InChI=1S/C9H8F3N5.ClH/c10-9(11,12)17-3-7(8(13)16-5-17)6-1-14-4-15-2-6;/h1-4H,5H2,(H2,13,16);1H. The number of aromatic nitrogens is 2. The Labute approximate surface area is 107 Å². The Morgan fingerprint density at radius 1 is 1.22 bits per heavy atom. The van der Waals surface area contributed by atoms with Crippen LogP contribution in [0.25, 0.3) is 5.57 Å². The fraction of sp³-hybridized carbons (Fsp3) is 0.222. The van der Waals surface area contributed by atoms with E-state index in [2.05, 4.69) is 15.0 Å². The second-order valence-electron chi connectivity index (χ2n) is 3.29. The Kier molecular flexibility index (Phi) is 4.12. The summed E-state index contributed by atoms with van der Waals surface area (Å²) in [6, 6.07) is 0. The molecule has 1 aliphatic heterocycles. The van der Waals surface area contributed by atoms with Gasteiger partial charge in [-0.1, -0.05) is 0 Å². The maximum Gasteiger partial charge on any atom is 0.485 e. The van der Waals surface area contributed by atoms with Gasteiger partial charge in [0.05, 0.1) is 0 Å². The molecule has 0 amide bonds. The van der Waals surface area contributed by atoms with Gasteiger partial charge in [0.2, 0.25) is 0 Å². The lowest BCUT2D eigenvalue weighted by atomic mass is 10.1. The van der Waals surface area contributed by atoms with Crippen LogP contribution in [0.5, 0.6) is 0 Å². The number of hydrogen-bond donors (Lipinski definition) is 1. The molecule has 0 atom stereocenters. The molecule has 2 N–H and O–H groups in total. The minimum Gasteiger partial charge on any atom is -0.383 e. The molecule has 0 unspecified atom stereocenters. The van der Waals surface area contributed by atoms with Gasteiger partial charge in [0.1, 0.15) is 18.8 Å². The van der Waals surface area contributed by atoms with Crippen LogP contribution < -0.4 is 5.73 Å². The van der Waals surface area contributed by atoms with E-state index in [1.807, 2.05) is 0 Å². The summed E-state index contributed by atoms with van der Waals surface area (Å²) in [5.41, 5.74) is 6.10. The van der Waals surface area contributed by atoms with Crippen LogP contribution >= 0.6 is 12.4 Å². The number of amidine groups is 1. The Morgan fingerprint density at radius 2 is 1.83 bits per heavy atom. The topological polar surface area (TPSA) is 67.4 Å². The molecule has 98 valence electrons. The predicted molar refractivity (Wildman–Crippen MR) is 61.6 cm³/mol. The average molecular weight is 280 g/mol. The van der Waals surface area contributed by atoms with E-state index in [9.17, 15) is 13.2 Å². The van der Waals surface area contributed by atoms with Crippen molar-refractivity contribution in [3.63, 3.8) is 0 Å². The van der Waals surface area contributed by atoms with Crippen molar-refractivity contribution in [2.45, 2.75) is 6.30 Å². The molecule has 2 heterocycles. The first-order chi connectivity index (χ1) is 7.98. The first kappa shape index (κ1) is 14.2. The third-order valence-electron chi connectivity index (χ3n) is 2.15. The fourth-order valence-corrected chi connectivity index (χ4v) is 1.31. The van der Waals surface area contributed by atoms with Gasteiger partial charge < -0.3 is 5.73 Å². The number of alkyl halides is 3. The van der Waals surface area contributed by atoms with Crippen molar-refractivity contribution in [1.29, 1.82) is 0 Å². The highest BCUT2D eigenvalue weighted by molar-refractivity contribution is 6.22. The molecule has 0 saturated carbocycles. The molecule has 0 aliphatic carbocycles. The molecule has 0 radical (unpaired) electrons. The monoisotopic (exact) mass is 279 g/mol. The lowest BCUT2D eigenvalue weighted by molar-refractivity contribution is -0.226. The third kappa shape index (κ3) is 2.89. The first-order valence-electron chi connectivity index (χ1n) is 4.59. The van der Waals surface area contributed by atoms with Crippen LogP contribution in [-0.4, -0.2) is 33.7 Å².